The van der Waals surface area contributed by atoms with Crippen molar-refractivity contribution >= 4 is 12.4 Å². The number of carbonyl (C=O) groups excluding carboxylic acids is 1. The average molecular weight is 355 g/mol. The molecule has 26 heavy (non-hydrogen) atoms. The number of para-hydroxylation sites is 1. The third-order valence-corrected chi connectivity index (χ3v) is 4.54. The highest BCUT2D eigenvalue weighted by Crippen LogP contribution is 2.31. The number of carboxylic acid groups (broad SMARTS) is 1. The Balaban J connectivity index is 0.000000613. The van der Waals surface area contributed by atoms with Crippen LogP contribution in [-0.2, 0) is 20.9 Å². The van der Waals surface area contributed by atoms with Gasteiger partial charge in [-0.1, -0.05) is 30.3 Å². The van der Waals surface area contributed by atoms with Crippen molar-refractivity contribution in [2.75, 3.05) is 19.7 Å². The second-order valence-corrected chi connectivity index (χ2v) is 6.36. The Labute approximate surface area is 152 Å². The van der Waals surface area contributed by atoms with Crippen LogP contribution in [0.1, 0.15) is 5.56 Å². The second-order valence-electron chi connectivity index (χ2n) is 6.36. The lowest BCUT2D eigenvalue weighted by Crippen LogP contribution is -2.23. The van der Waals surface area contributed by atoms with Crippen molar-refractivity contribution in [2.45, 2.75) is 6.54 Å². The lowest BCUT2D eigenvalue weighted by molar-refractivity contribution is -0.141. The molecule has 2 atom stereocenters. The van der Waals surface area contributed by atoms with Crippen molar-refractivity contribution in [3.63, 3.8) is 0 Å². The van der Waals surface area contributed by atoms with Gasteiger partial charge in [-0.3, -0.25) is 14.5 Å². The number of rotatable bonds is 4. The van der Waals surface area contributed by atoms with E-state index in [2.05, 4.69) is 17.0 Å². The maximum Gasteiger partial charge on any atom is 0.310 e. The highest BCUT2D eigenvalue weighted by atomic mass is 16.5. The molecule has 6 heteroatoms. The highest BCUT2D eigenvalue weighted by molar-refractivity contribution is 5.75. The predicted molar refractivity (Wildman–Crippen MR) is 94.9 cm³/mol. The summed E-state index contributed by atoms with van der Waals surface area (Å²) in [6.45, 7) is 2.90. The van der Waals surface area contributed by atoms with Crippen molar-refractivity contribution in [2.24, 2.45) is 11.8 Å². The summed E-state index contributed by atoms with van der Waals surface area (Å²) in [6, 6.07) is 17.9. The molecule has 0 unspecified atom stereocenters. The molecule has 4 rings (SSSR count). The number of cyclic esters (lactones) is 1. The SMILES string of the molecule is O=C1OC[C@H]2CN(Cc3cccc(Oc4ccccc4)c3)C[C@@H]12.O=CO. The van der Waals surface area contributed by atoms with Crippen molar-refractivity contribution in [3.8, 4) is 11.5 Å². The molecule has 0 aliphatic carbocycles. The van der Waals surface area contributed by atoms with Crippen LogP contribution in [-0.4, -0.2) is 42.1 Å². The van der Waals surface area contributed by atoms with Crippen LogP contribution in [0, 0.1) is 11.8 Å². The number of likely N-dealkylation sites (tertiary alicyclic amines) is 1. The van der Waals surface area contributed by atoms with Gasteiger partial charge in [0.05, 0.1) is 12.5 Å². The van der Waals surface area contributed by atoms with E-state index in [0.29, 0.717) is 12.5 Å². The summed E-state index contributed by atoms with van der Waals surface area (Å²) >= 11 is 0. The average Bonchev–Trinajstić information content (AvgIpc) is 3.18. The van der Waals surface area contributed by atoms with Gasteiger partial charge in [0.15, 0.2) is 0 Å². The number of hydrogen-bond acceptors (Lipinski definition) is 5. The van der Waals surface area contributed by atoms with Crippen LogP contribution in [0.4, 0.5) is 0 Å². The maximum atomic E-state index is 11.6. The number of carbonyl (C=O) groups is 2. The molecule has 2 heterocycles. The Morgan fingerprint density at radius 1 is 1.12 bits per heavy atom. The van der Waals surface area contributed by atoms with Crippen LogP contribution >= 0.6 is 0 Å². The van der Waals surface area contributed by atoms with E-state index in [1.165, 1.54) is 5.56 Å². The fourth-order valence-electron chi connectivity index (χ4n) is 3.41. The number of esters is 1. The standard InChI is InChI=1S/C19H19NO3.CH2O2/c21-19-18-12-20(11-15(18)13-22-19)10-14-5-4-8-17(9-14)23-16-6-2-1-3-7-16;2-1-3/h1-9,15,18H,10-13H2;1H,(H,2,3)/t15-,18-;/m1./s1. The lowest BCUT2D eigenvalue weighted by Gasteiger charge is -2.17. The molecule has 2 aliphatic heterocycles. The van der Waals surface area contributed by atoms with Gasteiger partial charge in [0.25, 0.3) is 6.47 Å². The number of nitrogens with zero attached hydrogens (tertiary/aromatic N) is 1. The van der Waals surface area contributed by atoms with Gasteiger partial charge in [0.2, 0.25) is 0 Å². The molecule has 2 aromatic carbocycles. The molecule has 1 N–H and O–H groups in total. The molecular weight excluding hydrogens is 334 g/mol. The molecule has 2 saturated heterocycles. The molecule has 2 aromatic rings. The molecule has 2 aliphatic rings. The summed E-state index contributed by atoms with van der Waals surface area (Å²) in [5, 5.41) is 6.89. The van der Waals surface area contributed by atoms with Gasteiger partial charge in [-0.05, 0) is 29.8 Å². The first-order valence-corrected chi connectivity index (χ1v) is 8.48. The number of fused-ring (bicyclic) bond motifs is 1. The molecule has 0 saturated carbocycles. The van der Waals surface area contributed by atoms with Crippen molar-refractivity contribution in [3.05, 3.63) is 60.2 Å². The van der Waals surface area contributed by atoms with E-state index in [-0.39, 0.29) is 18.4 Å². The quantitative estimate of drug-likeness (QED) is 0.671. The van der Waals surface area contributed by atoms with E-state index in [1.54, 1.807) is 0 Å². The Kier molecular flexibility index (Phi) is 5.86. The van der Waals surface area contributed by atoms with Gasteiger partial charge < -0.3 is 14.6 Å². The molecule has 136 valence electrons. The zero-order valence-electron chi connectivity index (χ0n) is 14.3. The van der Waals surface area contributed by atoms with E-state index in [9.17, 15) is 4.79 Å². The molecule has 0 spiro atoms. The van der Waals surface area contributed by atoms with Gasteiger partial charge in [-0.2, -0.15) is 0 Å². The van der Waals surface area contributed by atoms with E-state index in [0.717, 1.165) is 31.1 Å². The topological polar surface area (TPSA) is 76.1 Å². The fraction of sp³-hybridized carbons (Fsp3) is 0.300. The van der Waals surface area contributed by atoms with Crippen molar-refractivity contribution < 1.29 is 24.2 Å². The monoisotopic (exact) mass is 355 g/mol. The van der Waals surface area contributed by atoms with E-state index in [4.69, 9.17) is 19.4 Å². The van der Waals surface area contributed by atoms with Crippen LogP contribution < -0.4 is 4.74 Å². The first-order chi connectivity index (χ1) is 12.7. The van der Waals surface area contributed by atoms with E-state index >= 15 is 0 Å². The predicted octanol–water partition coefficient (Wildman–Crippen LogP) is 2.78. The fourth-order valence-corrected chi connectivity index (χ4v) is 3.41. The van der Waals surface area contributed by atoms with Crippen molar-refractivity contribution in [1.82, 2.24) is 4.90 Å². The van der Waals surface area contributed by atoms with Crippen molar-refractivity contribution in [1.29, 1.82) is 0 Å². The van der Waals surface area contributed by atoms with E-state index in [1.807, 2.05) is 42.5 Å². The van der Waals surface area contributed by atoms with Crippen LogP contribution in [0.2, 0.25) is 0 Å². The van der Waals surface area contributed by atoms with Gasteiger partial charge in [-0.25, -0.2) is 0 Å². The molecule has 6 nitrogen and oxygen atoms in total. The number of benzene rings is 2. The highest BCUT2D eigenvalue weighted by Gasteiger charge is 2.43. The summed E-state index contributed by atoms with van der Waals surface area (Å²) in [5.74, 6) is 2.08. The van der Waals surface area contributed by atoms with E-state index < -0.39 is 0 Å². The minimum atomic E-state index is -0.250. The summed E-state index contributed by atoms with van der Waals surface area (Å²) in [4.78, 5) is 22.3. The summed E-state index contributed by atoms with van der Waals surface area (Å²) < 4.78 is 11.0. The molecule has 0 aromatic heterocycles. The minimum Gasteiger partial charge on any atom is -0.483 e. The van der Waals surface area contributed by atoms with Crippen LogP contribution in [0.3, 0.4) is 0 Å². The van der Waals surface area contributed by atoms with Gasteiger partial charge in [0, 0.05) is 25.6 Å². The first-order valence-electron chi connectivity index (χ1n) is 8.48. The van der Waals surface area contributed by atoms with Gasteiger partial charge >= 0.3 is 5.97 Å². The number of ether oxygens (including phenoxy) is 2. The smallest absolute Gasteiger partial charge is 0.310 e. The van der Waals surface area contributed by atoms with Gasteiger partial charge in [0.1, 0.15) is 11.5 Å². The summed E-state index contributed by atoms with van der Waals surface area (Å²) in [5.41, 5.74) is 1.20. The largest absolute Gasteiger partial charge is 0.483 e. The molecule has 0 amide bonds. The molecule has 2 fully saturated rings. The zero-order valence-corrected chi connectivity index (χ0v) is 14.3. The second kappa shape index (κ2) is 8.49. The Hall–Kier alpha value is -2.86. The molecule has 0 radical (unpaired) electrons. The van der Waals surface area contributed by atoms with Gasteiger partial charge in [-0.15, -0.1) is 0 Å². The molecule has 0 bridgehead atoms. The Morgan fingerprint density at radius 2 is 1.85 bits per heavy atom. The lowest BCUT2D eigenvalue weighted by atomic mass is 10.0. The van der Waals surface area contributed by atoms with Crippen LogP contribution in [0.15, 0.2) is 54.6 Å². The number of hydrogen-bond donors (Lipinski definition) is 1. The maximum absolute atomic E-state index is 11.6. The zero-order chi connectivity index (χ0) is 18.4. The normalized spacial score (nSPS) is 21.3. The van der Waals surface area contributed by atoms with Crippen LogP contribution in [0.25, 0.3) is 0 Å². The summed E-state index contributed by atoms with van der Waals surface area (Å²) in [7, 11) is 0. The Bertz CT molecular complexity index is 749. The Morgan fingerprint density at radius 3 is 2.58 bits per heavy atom. The first kappa shape index (κ1) is 17.9. The third kappa shape index (κ3) is 4.40. The van der Waals surface area contributed by atoms with Crippen LogP contribution in [0.5, 0.6) is 11.5 Å². The summed E-state index contributed by atoms with van der Waals surface area (Å²) in [6.07, 6.45) is 0. The third-order valence-electron chi connectivity index (χ3n) is 4.54. The minimum absolute atomic E-state index is 0.0290. The molecular formula is C20H21NO5.